The number of hydrogen-bond acceptors (Lipinski definition) is 4. The summed E-state index contributed by atoms with van der Waals surface area (Å²) < 4.78 is 36.7. The summed E-state index contributed by atoms with van der Waals surface area (Å²) in [6.07, 6.45) is -2.03. The number of likely N-dealkylation sites (tertiary alicyclic amines) is 1. The summed E-state index contributed by atoms with van der Waals surface area (Å²) in [4.78, 5) is 9.16. The summed E-state index contributed by atoms with van der Waals surface area (Å²) in [7, 11) is 0. The van der Waals surface area contributed by atoms with Gasteiger partial charge in [0.15, 0.2) is 0 Å². The van der Waals surface area contributed by atoms with Crippen molar-refractivity contribution in [3.8, 4) is 0 Å². The molecule has 4 nitrogen and oxygen atoms in total. The molecular formula is C11H14ClF3N4. The molecule has 1 aliphatic rings. The molecule has 0 amide bonds. The van der Waals surface area contributed by atoms with Gasteiger partial charge in [0.05, 0.1) is 6.54 Å². The van der Waals surface area contributed by atoms with Crippen LogP contribution in [0.4, 0.5) is 19.0 Å². The molecule has 1 atom stereocenters. The summed E-state index contributed by atoms with van der Waals surface area (Å²) in [6, 6.07) is 1.59. The summed E-state index contributed by atoms with van der Waals surface area (Å²) in [5.74, 6) is 0.783. The number of aromatic nitrogens is 2. The molecule has 0 spiro atoms. The van der Waals surface area contributed by atoms with Crippen molar-refractivity contribution < 1.29 is 13.2 Å². The minimum absolute atomic E-state index is 0.191. The van der Waals surface area contributed by atoms with Crippen LogP contribution in [0.2, 0.25) is 5.15 Å². The number of anilines is 1. The monoisotopic (exact) mass is 294 g/mol. The minimum Gasteiger partial charge on any atom is -0.370 e. The van der Waals surface area contributed by atoms with Crippen LogP contribution in [0.1, 0.15) is 6.42 Å². The van der Waals surface area contributed by atoms with Gasteiger partial charge in [-0.2, -0.15) is 13.2 Å². The first-order chi connectivity index (χ1) is 8.92. The predicted octanol–water partition coefficient (Wildman–Crippen LogP) is 2.43. The van der Waals surface area contributed by atoms with E-state index in [0.717, 1.165) is 6.42 Å². The van der Waals surface area contributed by atoms with E-state index in [2.05, 4.69) is 15.3 Å². The zero-order valence-electron chi connectivity index (χ0n) is 10.1. The quantitative estimate of drug-likeness (QED) is 0.866. The lowest BCUT2D eigenvalue weighted by atomic mass is 10.1. The molecule has 8 heteroatoms. The lowest BCUT2D eigenvalue weighted by Crippen LogP contribution is -2.33. The molecule has 1 fully saturated rings. The average molecular weight is 295 g/mol. The highest BCUT2D eigenvalue weighted by molar-refractivity contribution is 6.29. The molecule has 0 aromatic carbocycles. The molecule has 0 bridgehead atoms. The van der Waals surface area contributed by atoms with E-state index in [1.54, 1.807) is 6.07 Å². The summed E-state index contributed by atoms with van der Waals surface area (Å²) in [5.41, 5.74) is 0. The van der Waals surface area contributed by atoms with Crippen molar-refractivity contribution >= 4 is 17.4 Å². The first-order valence-corrected chi connectivity index (χ1v) is 6.31. The Labute approximate surface area is 114 Å². The Morgan fingerprint density at radius 1 is 1.42 bits per heavy atom. The maximum atomic E-state index is 12.2. The van der Waals surface area contributed by atoms with Gasteiger partial charge in [0.25, 0.3) is 0 Å². The van der Waals surface area contributed by atoms with Gasteiger partial charge in [-0.3, -0.25) is 4.90 Å². The third-order valence-corrected chi connectivity index (χ3v) is 3.19. The zero-order valence-corrected chi connectivity index (χ0v) is 10.9. The molecular weight excluding hydrogens is 281 g/mol. The number of hydrogen-bond donors (Lipinski definition) is 1. The fourth-order valence-electron chi connectivity index (χ4n) is 2.16. The van der Waals surface area contributed by atoms with Crippen LogP contribution in [0.25, 0.3) is 0 Å². The third kappa shape index (κ3) is 4.83. The lowest BCUT2D eigenvalue weighted by molar-refractivity contribution is -0.143. The molecule has 19 heavy (non-hydrogen) atoms. The molecule has 1 aliphatic heterocycles. The van der Waals surface area contributed by atoms with Crippen molar-refractivity contribution in [2.75, 3.05) is 31.5 Å². The Morgan fingerprint density at radius 2 is 2.21 bits per heavy atom. The Hall–Kier alpha value is -1.08. The standard InChI is InChI=1S/C11H14ClF3N4/c12-9-3-10(18-7-17-9)16-4-8-1-2-19(5-8)6-11(13,14)15/h3,7-8H,1-2,4-6H2,(H,16,17,18). The van der Waals surface area contributed by atoms with Crippen LogP contribution >= 0.6 is 11.6 Å². The normalized spacial score (nSPS) is 20.7. The molecule has 106 valence electrons. The van der Waals surface area contributed by atoms with E-state index in [1.165, 1.54) is 11.2 Å². The Kier molecular flexibility index (Phi) is 4.46. The number of nitrogens with zero attached hydrogens (tertiary/aromatic N) is 3. The van der Waals surface area contributed by atoms with Crippen molar-refractivity contribution in [3.63, 3.8) is 0 Å². The van der Waals surface area contributed by atoms with Crippen LogP contribution in [0.15, 0.2) is 12.4 Å². The molecule has 0 radical (unpaired) electrons. The van der Waals surface area contributed by atoms with Crippen molar-refractivity contribution in [1.82, 2.24) is 14.9 Å². The number of nitrogens with one attached hydrogen (secondary N) is 1. The van der Waals surface area contributed by atoms with E-state index >= 15 is 0 Å². The number of alkyl halides is 3. The van der Waals surface area contributed by atoms with E-state index in [0.29, 0.717) is 30.6 Å². The highest BCUT2D eigenvalue weighted by atomic mass is 35.5. The van der Waals surface area contributed by atoms with E-state index in [1.807, 2.05) is 0 Å². The second kappa shape index (κ2) is 5.92. The molecule has 1 aromatic heterocycles. The van der Waals surface area contributed by atoms with Gasteiger partial charge in [0.2, 0.25) is 0 Å². The molecule has 1 aromatic rings. The maximum absolute atomic E-state index is 12.2. The van der Waals surface area contributed by atoms with Gasteiger partial charge < -0.3 is 5.32 Å². The first-order valence-electron chi connectivity index (χ1n) is 5.93. The van der Waals surface area contributed by atoms with Gasteiger partial charge in [-0.25, -0.2) is 9.97 Å². The molecule has 1 N–H and O–H groups in total. The second-order valence-corrected chi connectivity index (χ2v) is 5.00. The summed E-state index contributed by atoms with van der Waals surface area (Å²) >= 11 is 5.71. The second-order valence-electron chi connectivity index (χ2n) is 4.61. The topological polar surface area (TPSA) is 41.0 Å². The van der Waals surface area contributed by atoms with Gasteiger partial charge in [0, 0.05) is 19.2 Å². The third-order valence-electron chi connectivity index (χ3n) is 2.98. The highest BCUT2D eigenvalue weighted by Crippen LogP contribution is 2.23. The van der Waals surface area contributed by atoms with Crippen molar-refractivity contribution in [2.24, 2.45) is 5.92 Å². The van der Waals surface area contributed by atoms with E-state index < -0.39 is 12.7 Å². The first kappa shape index (κ1) is 14.3. The van der Waals surface area contributed by atoms with Crippen LogP contribution in [-0.4, -0.2) is 47.2 Å². The highest BCUT2D eigenvalue weighted by Gasteiger charge is 2.34. The van der Waals surface area contributed by atoms with E-state index in [9.17, 15) is 13.2 Å². The van der Waals surface area contributed by atoms with Gasteiger partial charge in [-0.1, -0.05) is 11.6 Å². The number of halogens is 4. The number of rotatable bonds is 4. The van der Waals surface area contributed by atoms with Crippen molar-refractivity contribution in [2.45, 2.75) is 12.6 Å². The fraction of sp³-hybridized carbons (Fsp3) is 0.636. The molecule has 0 aliphatic carbocycles. The zero-order chi connectivity index (χ0) is 13.9. The van der Waals surface area contributed by atoms with Gasteiger partial charge in [-0.15, -0.1) is 0 Å². The van der Waals surface area contributed by atoms with Gasteiger partial charge in [-0.05, 0) is 18.9 Å². The van der Waals surface area contributed by atoms with Crippen LogP contribution in [0.3, 0.4) is 0 Å². The van der Waals surface area contributed by atoms with Crippen LogP contribution in [0.5, 0.6) is 0 Å². The van der Waals surface area contributed by atoms with Gasteiger partial charge >= 0.3 is 6.18 Å². The van der Waals surface area contributed by atoms with Crippen molar-refractivity contribution in [1.29, 1.82) is 0 Å². The molecule has 2 rings (SSSR count). The molecule has 1 saturated heterocycles. The Morgan fingerprint density at radius 3 is 2.89 bits per heavy atom. The molecule has 0 saturated carbocycles. The average Bonchev–Trinajstić information content (AvgIpc) is 2.72. The summed E-state index contributed by atoms with van der Waals surface area (Å²) in [5, 5.41) is 3.40. The Bertz CT molecular complexity index is 427. The smallest absolute Gasteiger partial charge is 0.370 e. The van der Waals surface area contributed by atoms with Crippen LogP contribution < -0.4 is 5.32 Å². The molecule has 1 unspecified atom stereocenters. The van der Waals surface area contributed by atoms with Gasteiger partial charge in [0.1, 0.15) is 17.3 Å². The summed E-state index contributed by atoms with van der Waals surface area (Å²) in [6.45, 7) is 0.687. The van der Waals surface area contributed by atoms with E-state index in [-0.39, 0.29) is 5.92 Å². The lowest BCUT2D eigenvalue weighted by Gasteiger charge is -2.18. The van der Waals surface area contributed by atoms with Crippen LogP contribution in [0, 0.1) is 5.92 Å². The predicted molar refractivity (Wildman–Crippen MR) is 66.1 cm³/mol. The van der Waals surface area contributed by atoms with Crippen LogP contribution in [-0.2, 0) is 0 Å². The van der Waals surface area contributed by atoms with Crippen molar-refractivity contribution in [3.05, 3.63) is 17.5 Å². The maximum Gasteiger partial charge on any atom is 0.401 e. The minimum atomic E-state index is -4.12. The largest absolute Gasteiger partial charge is 0.401 e. The Balaban J connectivity index is 1.76. The molecule has 2 heterocycles. The fourth-order valence-corrected chi connectivity index (χ4v) is 2.30. The van der Waals surface area contributed by atoms with E-state index in [4.69, 9.17) is 11.6 Å². The SMILES string of the molecule is FC(F)(F)CN1CCC(CNc2cc(Cl)ncn2)C1.